The minimum Gasteiger partial charge on any atom is -0.300 e. The van der Waals surface area contributed by atoms with Crippen molar-refractivity contribution in [3.63, 3.8) is 0 Å². The molecule has 0 radical (unpaired) electrons. The van der Waals surface area contributed by atoms with E-state index in [0.717, 1.165) is 11.1 Å². The molecule has 0 bridgehead atoms. The van der Waals surface area contributed by atoms with Crippen molar-refractivity contribution < 1.29 is 0 Å². The molecule has 0 aromatic heterocycles. The summed E-state index contributed by atoms with van der Waals surface area (Å²) in [6.45, 7) is 4.01. The van der Waals surface area contributed by atoms with Crippen LogP contribution < -0.4 is 0 Å². The predicted molar refractivity (Wildman–Crippen MR) is 62.7 cm³/mol. The molecule has 0 atom stereocenters. The highest BCUT2D eigenvalue weighted by molar-refractivity contribution is 6.10. The Balaban J connectivity index is 2.88. The third kappa shape index (κ3) is 2.70. The highest BCUT2D eigenvalue weighted by Crippen LogP contribution is 2.13. The molecule has 14 heavy (non-hydrogen) atoms. The zero-order valence-corrected chi connectivity index (χ0v) is 8.62. The molecule has 0 aromatic carbocycles. The fourth-order valence-electron chi connectivity index (χ4n) is 1.23. The molecule has 1 aliphatic carbocycles. The molecule has 1 rings (SSSR count). The number of rotatable bonds is 2. The SMILES string of the molecule is C/C=C/C=C\C(C)=C1/C=CC=CC1=N. The van der Waals surface area contributed by atoms with Gasteiger partial charge in [0.1, 0.15) is 0 Å². The van der Waals surface area contributed by atoms with Crippen LogP contribution >= 0.6 is 0 Å². The lowest BCUT2D eigenvalue weighted by molar-refractivity contribution is 1.42. The number of hydrogen-bond donors (Lipinski definition) is 1. The smallest absolute Gasteiger partial charge is 0.0614 e. The van der Waals surface area contributed by atoms with Crippen molar-refractivity contribution in [2.24, 2.45) is 0 Å². The molecule has 1 nitrogen and oxygen atoms in total. The summed E-state index contributed by atoms with van der Waals surface area (Å²) >= 11 is 0. The van der Waals surface area contributed by atoms with E-state index in [2.05, 4.69) is 0 Å². The van der Waals surface area contributed by atoms with Crippen LogP contribution in [0, 0.1) is 5.41 Å². The van der Waals surface area contributed by atoms with E-state index in [4.69, 9.17) is 5.41 Å². The van der Waals surface area contributed by atoms with Crippen LogP contribution in [0.1, 0.15) is 13.8 Å². The highest BCUT2D eigenvalue weighted by atomic mass is 14.4. The van der Waals surface area contributed by atoms with E-state index in [0.29, 0.717) is 5.71 Å². The maximum absolute atomic E-state index is 7.71. The van der Waals surface area contributed by atoms with Crippen molar-refractivity contribution in [3.05, 3.63) is 59.8 Å². The second-order valence-corrected chi connectivity index (χ2v) is 3.11. The van der Waals surface area contributed by atoms with Crippen LogP contribution in [0.2, 0.25) is 0 Å². The van der Waals surface area contributed by atoms with Crippen molar-refractivity contribution in [2.45, 2.75) is 13.8 Å². The van der Waals surface area contributed by atoms with Crippen LogP contribution in [0.4, 0.5) is 0 Å². The molecular weight excluding hydrogens is 170 g/mol. The van der Waals surface area contributed by atoms with Gasteiger partial charge in [0.05, 0.1) is 5.71 Å². The molecule has 0 saturated heterocycles. The van der Waals surface area contributed by atoms with E-state index >= 15 is 0 Å². The average Bonchev–Trinajstić information content (AvgIpc) is 2.18. The summed E-state index contributed by atoms with van der Waals surface area (Å²) in [6.07, 6.45) is 15.6. The number of nitrogens with one attached hydrogen (secondary N) is 1. The molecule has 1 N–H and O–H groups in total. The second kappa shape index (κ2) is 5.18. The Kier molecular flexibility index (Phi) is 3.86. The lowest BCUT2D eigenvalue weighted by atomic mass is 10.00. The van der Waals surface area contributed by atoms with Gasteiger partial charge >= 0.3 is 0 Å². The quantitative estimate of drug-likeness (QED) is 0.636. The van der Waals surface area contributed by atoms with E-state index in [1.54, 1.807) is 0 Å². The summed E-state index contributed by atoms with van der Waals surface area (Å²) in [7, 11) is 0. The maximum Gasteiger partial charge on any atom is 0.0614 e. The van der Waals surface area contributed by atoms with Gasteiger partial charge in [0, 0.05) is 5.57 Å². The van der Waals surface area contributed by atoms with E-state index in [9.17, 15) is 0 Å². The fraction of sp³-hybridized carbons (Fsp3) is 0.154. The van der Waals surface area contributed by atoms with E-state index in [-0.39, 0.29) is 0 Å². The molecule has 0 fully saturated rings. The van der Waals surface area contributed by atoms with Gasteiger partial charge in [-0.25, -0.2) is 0 Å². The zero-order chi connectivity index (χ0) is 10.4. The predicted octanol–water partition coefficient (Wildman–Crippen LogP) is 3.58. The molecular formula is C13H15N. The molecule has 0 amide bonds. The fourth-order valence-corrected chi connectivity index (χ4v) is 1.23. The first kappa shape index (κ1) is 10.5. The largest absolute Gasteiger partial charge is 0.300 e. The Bertz CT molecular complexity index is 363. The van der Waals surface area contributed by atoms with Crippen LogP contribution in [0.15, 0.2) is 59.8 Å². The molecule has 0 aliphatic heterocycles. The summed E-state index contributed by atoms with van der Waals surface area (Å²) in [4.78, 5) is 0. The third-order valence-corrected chi connectivity index (χ3v) is 2.00. The van der Waals surface area contributed by atoms with Gasteiger partial charge in [0.15, 0.2) is 0 Å². The van der Waals surface area contributed by atoms with Crippen molar-refractivity contribution in [2.75, 3.05) is 0 Å². The van der Waals surface area contributed by atoms with Gasteiger partial charge in [-0.05, 0) is 25.5 Å². The van der Waals surface area contributed by atoms with Gasteiger partial charge in [-0.2, -0.15) is 0 Å². The van der Waals surface area contributed by atoms with Crippen molar-refractivity contribution in [1.82, 2.24) is 0 Å². The number of hydrogen-bond acceptors (Lipinski definition) is 1. The Morgan fingerprint density at radius 3 is 2.57 bits per heavy atom. The van der Waals surface area contributed by atoms with Crippen molar-refractivity contribution in [3.8, 4) is 0 Å². The van der Waals surface area contributed by atoms with Crippen LogP contribution in [0.5, 0.6) is 0 Å². The summed E-state index contributed by atoms with van der Waals surface area (Å²) in [5.41, 5.74) is 2.69. The van der Waals surface area contributed by atoms with Gasteiger partial charge < -0.3 is 5.41 Å². The first-order valence-electron chi connectivity index (χ1n) is 4.69. The van der Waals surface area contributed by atoms with Gasteiger partial charge in [-0.3, -0.25) is 0 Å². The van der Waals surface area contributed by atoms with Crippen LogP contribution in [0.25, 0.3) is 0 Å². The molecule has 0 saturated carbocycles. The lowest BCUT2D eigenvalue weighted by Gasteiger charge is -2.06. The molecule has 72 valence electrons. The van der Waals surface area contributed by atoms with Gasteiger partial charge in [-0.15, -0.1) is 0 Å². The Hall–Kier alpha value is -1.63. The van der Waals surface area contributed by atoms with E-state index < -0.39 is 0 Å². The summed E-state index contributed by atoms with van der Waals surface area (Å²) in [6, 6.07) is 0. The topological polar surface area (TPSA) is 23.9 Å². The Morgan fingerprint density at radius 1 is 1.21 bits per heavy atom. The summed E-state index contributed by atoms with van der Waals surface area (Å²) < 4.78 is 0. The van der Waals surface area contributed by atoms with E-state index in [1.165, 1.54) is 0 Å². The zero-order valence-electron chi connectivity index (χ0n) is 8.62. The summed E-state index contributed by atoms with van der Waals surface area (Å²) in [5, 5.41) is 7.71. The average molecular weight is 185 g/mol. The molecule has 1 heteroatoms. The first-order chi connectivity index (χ1) is 6.75. The lowest BCUT2D eigenvalue weighted by Crippen LogP contribution is -1.99. The summed E-state index contributed by atoms with van der Waals surface area (Å²) in [5.74, 6) is 0. The molecule has 0 aromatic rings. The van der Waals surface area contributed by atoms with E-state index in [1.807, 2.05) is 62.5 Å². The van der Waals surface area contributed by atoms with Crippen LogP contribution in [0.3, 0.4) is 0 Å². The second-order valence-electron chi connectivity index (χ2n) is 3.11. The van der Waals surface area contributed by atoms with Crippen molar-refractivity contribution >= 4 is 5.71 Å². The Labute approximate surface area is 85.4 Å². The first-order valence-corrected chi connectivity index (χ1v) is 4.69. The van der Waals surface area contributed by atoms with Crippen LogP contribution in [-0.4, -0.2) is 5.71 Å². The minimum absolute atomic E-state index is 0.579. The maximum atomic E-state index is 7.71. The third-order valence-electron chi connectivity index (χ3n) is 2.00. The van der Waals surface area contributed by atoms with Gasteiger partial charge in [0.2, 0.25) is 0 Å². The molecule has 1 aliphatic rings. The van der Waals surface area contributed by atoms with Gasteiger partial charge in [-0.1, -0.05) is 42.5 Å². The normalized spacial score (nSPS) is 20.0. The van der Waals surface area contributed by atoms with Gasteiger partial charge in [0.25, 0.3) is 0 Å². The molecule has 0 heterocycles. The molecule has 0 unspecified atom stereocenters. The standard InChI is InChI=1S/C13H15N/c1-3-4-5-8-11(2)12-9-6-7-10-13(12)14/h3-10,14H,1-2H3/b4-3+,8-5-,12-11+,14-13?. The highest BCUT2D eigenvalue weighted by Gasteiger charge is 2.03. The molecule has 0 spiro atoms. The Morgan fingerprint density at radius 2 is 1.93 bits per heavy atom. The van der Waals surface area contributed by atoms with Crippen molar-refractivity contribution in [1.29, 1.82) is 5.41 Å². The van der Waals surface area contributed by atoms with Crippen LogP contribution in [-0.2, 0) is 0 Å². The number of allylic oxidation sites excluding steroid dienone is 10. The monoisotopic (exact) mass is 185 g/mol. The minimum atomic E-state index is 0.579.